The minimum absolute atomic E-state index is 0.481. The van der Waals surface area contributed by atoms with Crippen LogP contribution in [0.15, 0.2) is 34.9 Å². The number of pyridine rings is 1. The summed E-state index contributed by atoms with van der Waals surface area (Å²) in [6.45, 7) is 8.80. The highest BCUT2D eigenvalue weighted by atomic mass is 16.3. The highest BCUT2D eigenvalue weighted by molar-refractivity contribution is 5.20. The minimum Gasteiger partial charge on any atom is -0.465 e. The van der Waals surface area contributed by atoms with E-state index < -0.39 is 0 Å². The summed E-state index contributed by atoms with van der Waals surface area (Å²) >= 11 is 0. The van der Waals surface area contributed by atoms with Gasteiger partial charge < -0.3 is 9.73 Å². The van der Waals surface area contributed by atoms with Gasteiger partial charge in [-0.15, -0.1) is 0 Å². The molecule has 21 heavy (non-hydrogen) atoms. The van der Waals surface area contributed by atoms with Crippen molar-refractivity contribution in [2.24, 2.45) is 0 Å². The smallest absolute Gasteiger partial charge is 0.118 e. The molecule has 0 amide bonds. The summed E-state index contributed by atoms with van der Waals surface area (Å²) < 4.78 is 5.85. The zero-order chi connectivity index (χ0) is 15.2. The van der Waals surface area contributed by atoms with Crippen LogP contribution in [0.5, 0.6) is 0 Å². The van der Waals surface area contributed by atoms with E-state index in [0.29, 0.717) is 6.04 Å². The quantitative estimate of drug-likeness (QED) is 0.849. The number of hydrogen-bond donors (Lipinski definition) is 1. The average Bonchev–Trinajstić information content (AvgIpc) is 2.77. The normalized spacial score (nSPS) is 11.5. The van der Waals surface area contributed by atoms with Gasteiger partial charge in [0.25, 0.3) is 0 Å². The van der Waals surface area contributed by atoms with Crippen LogP contribution in [0.2, 0.25) is 0 Å². The predicted octanol–water partition coefficient (Wildman–Crippen LogP) is 3.11. The number of hydrogen-bond acceptors (Lipinski definition) is 4. The molecule has 0 spiro atoms. The van der Waals surface area contributed by atoms with E-state index in [4.69, 9.17) is 4.42 Å². The van der Waals surface area contributed by atoms with Gasteiger partial charge in [0.15, 0.2) is 0 Å². The van der Waals surface area contributed by atoms with Crippen molar-refractivity contribution in [1.82, 2.24) is 15.2 Å². The Hall–Kier alpha value is -1.65. The summed E-state index contributed by atoms with van der Waals surface area (Å²) in [4.78, 5) is 6.56. The summed E-state index contributed by atoms with van der Waals surface area (Å²) in [5.41, 5.74) is 2.31. The molecule has 2 aromatic rings. The third-order valence-electron chi connectivity index (χ3n) is 3.36. The maximum Gasteiger partial charge on any atom is 0.118 e. The molecule has 0 aliphatic carbocycles. The molecule has 0 radical (unpaired) electrons. The number of furan rings is 1. The molecule has 2 rings (SSSR count). The molecule has 0 bridgehead atoms. The number of aryl methyl sites for hydroxylation is 1. The molecule has 2 heterocycles. The highest BCUT2D eigenvalue weighted by Crippen LogP contribution is 2.16. The van der Waals surface area contributed by atoms with E-state index in [9.17, 15) is 0 Å². The first-order chi connectivity index (χ1) is 10.0. The van der Waals surface area contributed by atoms with E-state index in [-0.39, 0.29) is 0 Å². The van der Waals surface area contributed by atoms with Crippen LogP contribution in [0.4, 0.5) is 0 Å². The zero-order valence-corrected chi connectivity index (χ0v) is 13.4. The van der Waals surface area contributed by atoms with Crippen molar-refractivity contribution in [1.29, 1.82) is 0 Å². The zero-order valence-electron chi connectivity index (χ0n) is 13.4. The second-order valence-corrected chi connectivity index (χ2v) is 5.82. The van der Waals surface area contributed by atoms with Crippen molar-refractivity contribution >= 4 is 0 Å². The minimum atomic E-state index is 0.481. The van der Waals surface area contributed by atoms with Gasteiger partial charge in [0.1, 0.15) is 11.5 Å². The fourth-order valence-corrected chi connectivity index (χ4v) is 2.25. The number of nitrogens with one attached hydrogen (secondary N) is 1. The van der Waals surface area contributed by atoms with Crippen molar-refractivity contribution < 1.29 is 4.42 Å². The van der Waals surface area contributed by atoms with E-state index in [1.165, 1.54) is 5.56 Å². The Morgan fingerprint density at radius 3 is 2.76 bits per heavy atom. The van der Waals surface area contributed by atoms with Crippen LogP contribution in [-0.2, 0) is 19.6 Å². The molecule has 0 unspecified atom stereocenters. The molecule has 0 saturated heterocycles. The van der Waals surface area contributed by atoms with Gasteiger partial charge in [-0.25, -0.2) is 0 Å². The molecule has 0 saturated carbocycles. The molecular weight excluding hydrogens is 262 g/mol. The third kappa shape index (κ3) is 4.99. The summed E-state index contributed by atoms with van der Waals surface area (Å²) in [6.07, 6.45) is 1.83. The number of nitrogens with zero attached hydrogens (tertiary/aromatic N) is 2. The monoisotopic (exact) mass is 287 g/mol. The summed E-state index contributed by atoms with van der Waals surface area (Å²) in [5, 5.41) is 3.43. The van der Waals surface area contributed by atoms with Crippen molar-refractivity contribution in [2.75, 3.05) is 7.05 Å². The summed E-state index contributed by atoms with van der Waals surface area (Å²) in [7, 11) is 2.08. The first-order valence-electron chi connectivity index (χ1n) is 7.44. The molecule has 0 aliphatic heterocycles. The largest absolute Gasteiger partial charge is 0.465 e. The maximum atomic E-state index is 5.85. The third-order valence-corrected chi connectivity index (χ3v) is 3.36. The van der Waals surface area contributed by atoms with E-state index in [1.54, 1.807) is 0 Å². The topological polar surface area (TPSA) is 41.3 Å². The van der Waals surface area contributed by atoms with Gasteiger partial charge in [0.2, 0.25) is 0 Å². The van der Waals surface area contributed by atoms with Crippen molar-refractivity contribution in [3.63, 3.8) is 0 Å². The number of rotatable bonds is 7. The fraction of sp³-hybridized carbons (Fsp3) is 0.471. The van der Waals surface area contributed by atoms with Gasteiger partial charge >= 0.3 is 0 Å². The Morgan fingerprint density at radius 1 is 1.29 bits per heavy atom. The SMILES string of the molecule is Cc1oc(CN(C)Cc2ccccn2)cc1CNC(C)C. The van der Waals surface area contributed by atoms with Gasteiger partial charge in [-0.3, -0.25) is 9.88 Å². The van der Waals surface area contributed by atoms with E-state index >= 15 is 0 Å². The first kappa shape index (κ1) is 15.7. The highest BCUT2D eigenvalue weighted by Gasteiger charge is 2.10. The molecule has 4 heteroatoms. The second kappa shape index (κ2) is 7.38. The van der Waals surface area contributed by atoms with Gasteiger partial charge in [0.05, 0.1) is 12.2 Å². The molecule has 0 aromatic carbocycles. The van der Waals surface area contributed by atoms with Crippen LogP contribution < -0.4 is 5.32 Å². The van der Waals surface area contributed by atoms with Gasteiger partial charge in [0, 0.05) is 30.9 Å². The van der Waals surface area contributed by atoms with Crippen LogP contribution in [0.3, 0.4) is 0 Å². The van der Waals surface area contributed by atoms with Crippen LogP contribution in [-0.4, -0.2) is 23.0 Å². The second-order valence-electron chi connectivity index (χ2n) is 5.82. The van der Waals surface area contributed by atoms with Gasteiger partial charge in [-0.1, -0.05) is 19.9 Å². The Kier molecular flexibility index (Phi) is 5.53. The predicted molar refractivity (Wildman–Crippen MR) is 84.8 cm³/mol. The van der Waals surface area contributed by atoms with Crippen molar-refractivity contribution in [2.45, 2.75) is 46.4 Å². The van der Waals surface area contributed by atoms with E-state index in [0.717, 1.165) is 36.8 Å². The van der Waals surface area contributed by atoms with E-state index in [1.807, 2.05) is 31.3 Å². The Bertz CT molecular complexity index is 548. The summed E-state index contributed by atoms with van der Waals surface area (Å²) in [6, 6.07) is 8.63. The van der Waals surface area contributed by atoms with Gasteiger partial charge in [-0.2, -0.15) is 0 Å². The molecule has 0 aliphatic rings. The first-order valence-corrected chi connectivity index (χ1v) is 7.44. The lowest BCUT2D eigenvalue weighted by atomic mass is 10.2. The molecular formula is C17H25N3O. The van der Waals surface area contributed by atoms with Crippen molar-refractivity contribution in [3.05, 3.63) is 53.2 Å². The Labute approximate surface area is 127 Å². The Morgan fingerprint density at radius 2 is 2.10 bits per heavy atom. The lowest BCUT2D eigenvalue weighted by molar-refractivity contribution is 0.282. The lowest BCUT2D eigenvalue weighted by Gasteiger charge is -2.14. The molecule has 2 aromatic heterocycles. The molecule has 4 nitrogen and oxygen atoms in total. The number of aromatic nitrogens is 1. The average molecular weight is 287 g/mol. The van der Waals surface area contributed by atoms with Crippen LogP contribution in [0, 0.1) is 6.92 Å². The lowest BCUT2D eigenvalue weighted by Crippen LogP contribution is -2.21. The maximum absolute atomic E-state index is 5.85. The molecule has 114 valence electrons. The standard InChI is InChI=1S/C17H25N3O/c1-13(2)19-10-15-9-17(21-14(15)3)12-20(4)11-16-7-5-6-8-18-16/h5-9,13,19H,10-12H2,1-4H3. The molecule has 0 fully saturated rings. The van der Waals surface area contributed by atoms with Crippen LogP contribution >= 0.6 is 0 Å². The molecule has 1 N–H and O–H groups in total. The van der Waals surface area contributed by atoms with E-state index in [2.05, 4.69) is 42.2 Å². The van der Waals surface area contributed by atoms with Crippen LogP contribution in [0.1, 0.15) is 36.6 Å². The molecule has 0 atom stereocenters. The van der Waals surface area contributed by atoms with Crippen LogP contribution in [0.25, 0.3) is 0 Å². The Balaban J connectivity index is 1.92. The summed E-state index contributed by atoms with van der Waals surface area (Å²) in [5.74, 6) is 2.01. The van der Waals surface area contributed by atoms with Gasteiger partial charge in [-0.05, 0) is 32.2 Å². The van der Waals surface area contributed by atoms with Crippen molar-refractivity contribution in [3.8, 4) is 0 Å². The fourth-order valence-electron chi connectivity index (χ4n) is 2.25.